The van der Waals surface area contributed by atoms with Crippen LogP contribution in [0.2, 0.25) is 10.6 Å². The number of aryl methyl sites for hydroxylation is 3. The zero-order chi connectivity index (χ0) is 46.6. The van der Waals surface area contributed by atoms with Crippen LogP contribution < -0.4 is 0 Å². The van der Waals surface area contributed by atoms with E-state index in [1.165, 1.54) is 51.7 Å². The summed E-state index contributed by atoms with van der Waals surface area (Å²) in [5.41, 5.74) is 1.25. The van der Waals surface area contributed by atoms with Crippen molar-refractivity contribution in [2.75, 3.05) is 0 Å². The first kappa shape index (κ1) is 55.2. The highest BCUT2D eigenvalue weighted by atomic mass is 27.2. The van der Waals surface area contributed by atoms with E-state index < -0.39 is 49.6 Å². The lowest BCUT2D eigenvalue weighted by molar-refractivity contribution is -0.138. The maximum atomic E-state index is 12.8. The molecule has 0 aliphatic rings. The van der Waals surface area contributed by atoms with Crippen molar-refractivity contribution >= 4 is 37.6 Å². The topological polar surface area (TPSA) is 48.5 Å². The molecule has 0 aliphatic carbocycles. The number of nitriles is 1. The van der Waals surface area contributed by atoms with Gasteiger partial charge in [-0.1, -0.05) is 155 Å². The van der Waals surface area contributed by atoms with Crippen molar-refractivity contribution in [3.8, 4) is 6.07 Å². The molecule has 344 valence electrons. The van der Waals surface area contributed by atoms with Crippen molar-refractivity contribution < 1.29 is 39.5 Å². The van der Waals surface area contributed by atoms with Crippen LogP contribution >= 0.6 is 0 Å². The van der Waals surface area contributed by atoms with Crippen LogP contribution in [-0.4, -0.2) is 26.8 Å². The smallest absolute Gasteiger partial charge is 0.409 e. The highest BCUT2D eigenvalue weighted by Crippen LogP contribution is 2.32. The van der Waals surface area contributed by atoms with E-state index in [4.69, 9.17) is 9.24 Å². The van der Waals surface area contributed by atoms with Gasteiger partial charge in [0.15, 0.2) is 0 Å². The maximum absolute atomic E-state index is 12.8. The van der Waals surface area contributed by atoms with Gasteiger partial charge in [-0.05, 0) is 103 Å². The van der Waals surface area contributed by atoms with Gasteiger partial charge >= 0.3 is 32.9 Å². The summed E-state index contributed by atoms with van der Waals surface area (Å²) < 4.78 is 118. The quantitative estimate of drug-likeness (QED) is 0.0586. The molecule has 0 amide bonds. The van der Waals surface area contributed by atoms with E-state index >= 15 is 0 Å². The summed E-state index contributed by atoms with van der Waals surface area (Å²) in [5.74, 6) is 1.32. The third-order valence-electron chi connectivity index (χ3n) is 9.82. The second-order valence-corrected chi connectivity index (χ2v) is 18.7. The summed E-state index contributed by atoms with van der Waals surface area (Å²) in [6.45, 7) is 10.9. The summed E-state index contributed by atoms with van der Waals surface area (Å²) in [6.07, 6.45) is -6.05. The van der Waals surface area contributed by atoms with Crippen LogP contribution in [0.5, 0.6) is 0 Å². The molecule has 3 nitrogen and oxygen atoms in total. The lowest BCUT2D eigenvalue weighted by Crippen LogP contribution is -2.15. The molecule has 0 aliphatic heterocycles. The van der Waals surface area contributed by atoms with Gasteiger partial charge in [-0.3, -0.25) is 4.99 Å². The Morgan fingerprint density at radius 2 is 0.984 bits per heavy atom. The first-order valence-electron chi connectivity index (χ1n) is 21.0. The highest BCUT2D eigenvalue weighted by Gasteiger charge is 2.32. The van der Waals surface area contributed by atoms with E-state index in [0.29, 0.717) is 55.1 Å². The fourth-order valence-corrected chi connectivity index (χ4v) is 9.89. The molecule has 1 atom stereocenters. The number of nitrogens with zero attached hydrogens (tertiary/aromatic N) is 3. The molecule has 13 heteroatoms. The molecule has 0 saturated carbocycles. The van der Waals surface area contributed by atoms with Gasteiger partial charge in [0.2, 0.25) is 0 Å². The Bertz CT molecular complexity index is 2220. The van der Waals surface area contributed by atoms with E-state index in [0.717, 1.165) is 35.4 Å². The molecular weight excluding hydrogens is 853 g/mol. The van der Waals surface area contributed by atoms with E-state index in [-0.39, 0.29) is 19.9 Å². The Morgan fingerprint density at radius 1 is 0.562 bits per heavy atom. The van der Waals surface area contributed by atoms with Crippen molar-refractivity contribution in [1.82, 2.24) is 0 Å². The minimum absolute atomic E-state index is 0. The zero-order valence-electron chi connectivity index (χ0n) is 36.3. The van der Waals surface area contributed by atoms with Crippen LogP contribution in [-0.2, 0) is 37.8 Å². The number of fused-ring (bicyclic) bond motifs is 1. The van der Waals surface area contributed by atoms with Gasteiger partial charge in [0.25, 0.3) is 0 Å². The molecule has 0 saturated heterocycles. The van der Waals surface area contributed by atoms with Gasteiger partial charge in [0.05, 0.1) is 28.8 Å². The predicted molar refractivity (Wildman–Crippen MR) is 246 cm³/mol. The second-order valence-electron chi connectivity index (χ2n) is 16.2. The van der Waals surface area contributed by atoms with Crippen LogP contribution in [0.1, 0.15) is 106 Å². The molecule has 0 bridgehead atoms. The average Bonchev–Trinajstić information content (AvgIpc) is 3.22. The average molecular weight is 912 g/mol. The maximum Gasteiger partial charge on any atom is 0.435 e. The third-order valence-corrected chi connectivity index (χ3v) is 13.4. The number of rotatable bonds is 15. The minimum atomic E-state index is -4.30. The van der Waals surface area contributed by atoms with Gasteiger partial charge in [0.1, 0.15) is 0 Å². The molecule has 0 N–H and O–H groups in total. The van der Waals surface area contributed by atoms with Crippen LogP contribution in [0.15, 0.2) is 124 Å². The van der Waals surface area contributed by atoms with Crippen LogP contribution in [0.25, 0.3) is 10.8 Å². The largest absolute Gasteiger partial charge is 0.435 e. The van der Waals surface area contributed by atoms with Gasteiger partial charge in [-0.2, -0.15) is 44.8 Å². The number of aliphatic imine (C=N–C) groups is 1. The molecule has 5 aromatic rings. The molecule has 5 aromatic carbocycles. The lowest BCUT2D eigenvalue weighted by Gasteiger charge is -2.11. The second kappa shape index (κ2) is 26.8. The minimum Gasteiger partial charge on any atom is -0.409 e. The van der Waals surface area contributed by atoms with E-state index in [1.807, 2.05) is 43.6 Å². The normalized spacial score (nSPS) is 12.4. The third kappa shape index (κ3) is 20.3. The van der Waals surface area contributed by atoms with E-state index in [1.54, 1.807) is 18.2 Å². The van der Waals surface area contributed by atoms with Crippen molar-refractivity contribution in [2.24, 2.45) is 20.8 Å². The Labute approximate surface area is 377 Å². The summed E-state index contributed by atoms with van der Waals surface area (Å²) in [7, 11) is 0. The summed E-state index contributed by atoms with van der Waals surface area (Å²) >= 11 is -1.12. The number of alkyl halides is 9. The Balaban J connectivity index is 0.000000342. The first-order chi connectivity index (χ1) is 29.7. The van der Waals surface area contributed by atoms with Crippen LogP contribution in [0.3, 0.4) is 0 Å². The summed E-state index contributed by atoms with van der Waals surface area (Å²) in [6, 6.07) is 32.3. The molecule has 0 radical (unpaired) electrons. The molecular formula is C51H59AlF9N3. The standard InChI is InChI=1S/C22H20F3N.C10H9F3N.C10H8F3N.2C4H9.CH4.Al/c1-16(20-13-5-10-18-9-2-3-12-21(18)20)26-14-6-8-17-7-4-11-19(15-17)22(23,24)25;2*11-10(12,13)9-5-1-3-8(7-9)4-2-6-14;2*1-4(2)3;;/h2-5,7,9-16H,6,8H2,1H3;1,3,5-7H,2,4H2;1,3,5,7H,2,4H2;2*4H,1H2,2-3H3;1H4;/q;-1;;;;;+1. The summed E-state index contributed by atoms with van der Waals surface area (Å²) in [4.78, 5) is 4.58. The highest BCUT2D eigenvalue weighted by molar-refractivity contribution is 6.58. The van der Waals surface area contributed by atoms with Gasteiger partial charge < -0.3 is 3.98 Å². The molecule has 0 aromatic heterocycles. The summed E-state index contributed by atoms with van der Waals surface area (Å²) in [5, 5.41) is 13.0. The molecule has 0 spiro atoms. The van der Waals surface area contributed by atoms with Gasteiger partial charge in [-0.15, -0.1) is 0 Å². The van der Waals surface area contributed by atoms with Crippen LogP contribution in [0, 0.1) is 23.2 Å². The Morgan fingerprint density at radius 3 is 1.44 bits per heavy atom. The van der Waals surface area contributed by atoms with Gasteiger partial charge in [0, 0.05) is 6.42 Å². The molecule has 0 heterocycles. The Kier molecular flexibility index (Phi) is 23.1. The predicted octanol–water partition coefficient (Wildman–Crippen LogP) is 16.4. The monoisotopic (exact) mass is 911 g/mol. The molecule has 0 fully saturated rings. The molecule has 5 rings (SSSR count). The van der Waals surface area contributed by atoms with E-state index in [2.05, 4.69) is 57.0 Å². The van der Waals surface area contributed by atoms with Gasteiger partial charge in [-0.25, -0.2) is 0 Å². The Hall–Kier alpha value is -4.91. The first-order valence-corrected chi connectivity index (χ1v) is 23.2. The SMILES string of the molecule is C.CC(C)[CH2][Al]([CH2]C(C)C)[N]=CCCc1cccc(C(F)(F)F)c1.CC(N=CCCc1cccc(C(F)(F)F)c1)c1cccc2ccccc12.N#CCCc1cccc(C(F)(F)F)c1. The van der Waals surface area contributed by atoms with Crippen molar-refractivity contribution in [1.29, 1.82) is 5.26 Å². The van der Waals surface area contributed by atoms with Crippen molar-refractivity contribution in [2.45, 2.75) is 116 Å². The van der Waals surface area contributed by atoms with Crippen molar-refractivity contribution in [3.05, 3.63) is 154 Å². The van der Waals surface area contributed by atoms with E-state index in [9.17, 15) is 39.5 Å². The number of hydrogen-bond acceptors (Lipinski definition) is 3. The fraction of sp³-hybridized carbons (Fsp3) is 0.392. The fourth-order valence-electron chi connectivity index (χ4n) is 6.83. The van der Waals surface area contributed by atoms with Crippen LogP contribution in [0.4, 0.5) is 39.5 Å². The number of benzene rings is 5. The molecule has 1 unspecified atom stereocenters. The zero-order valence-corrected chi connectivity index (χ0v) is 37.5. The number of hydrogen-bond donors (Lipinski definition) is 0. The molecule has 64 heavy (non-hydrogen) atoms. The number of halogens is 9. The van der Waals surface area contributed by atoms with Crippen molar-refractivity contribution in [3.63, 3.8) is 0 Å². The lowest BCUT2D eigenvalue weighted by atomic mass is 10.00.